The van der Waals surface area contributed by atoms with E-state index in [4.69, 9.17) is 0 Å². The molecule has 1 saturated heterocycles. The van der Waals surface area contributed by atoms with E-state index in [1.807, 2.05) is 36.2 Å². The van der Waals surface area contributed by atoms with E-state index in [0.717, 1.165) is 49.4 Å². The molecule has 2 amide bonds. The average Bonchev–Trinajstić information content (AvgIpc) is 3.23. The highest BCUT2D eigenvalue weighted by atomic mass is 19.1. The molecule has 168 valence electrons. The van der Waals surface area contributed by atoms with Crippen LogP contribution < -0.4 is 10.2 Å². The van der Waals surface area contributed by atoms with Crippen LogP contribution in [0, 0.1) is 11.8 Å². The fourth-order valence-electron chi connectivity index (χ4n) is 5.21. The molecular formula is C24H33FN4O2. The van der Waals surface area contributed by atoms with Crippen molar-refractivity contribution >= 4 is 28.9 Å². The second-order valence-electron chi connectivity index (χ2n) is 9.32. The fourth-order valence-corrected chi connectivity index (χ4v) is 5.21. The van der Waals surface area contributed by atoms with Gasteiger partial charge in [0, 0.05) is 56.1 Å². The Balaban J connectivity index is 1.42. The third kappa shape index (κ3) is 4.60. The Morgan fingerprint density at radius 3 is 2.81 bits per heavy atom. The maximum Gasteiger partial charge on any atom is 0.249 e. The van der Waals surface area contributed by atoms with Crippen LogP contribution in [0.1, 0.15) is 46.0 Å². The number of aliphatic imine (C=N–C) groups is 1. The molecule has 3 aliphatic rings. The number of piperidine rings is 1. The number of carbonyl (C=O) groups excluding carboxylic acids is 2. The molecule has 31 heavy (non-hydrogen) atoms. The number of carbonyl (C=O) groups is 2. The van der Waals surface area contributed by atoms with Gasteiger partial charge in [-0.15, -0.1) is 0 Å². The molecule has 0 aromatic heterocycles. The normalized spacial score (nSPS) is 30.4. The summed E-state index contributed by atoms with van der Waals surface area (Å²) in [4.78, 5) is 33.3. The number of alkyl halides is 1. The number of rotatable bonds is 4. The predicted octanol–water partition coefficient (Wildman–Crippen LogP) is 3.67. The quantitative estimate of drug-likeness (QED) is 0.796. The zero-order valence-electron chi connectivity index (χ0n) is 18.7. The Hall–Kier alpha value is -2.44. The molecule has 2 fully saturated rings. The summed E-state index contributed by atoms with van der Waals surface area (Å²) in [7, 11) is 1.86. The first-order valence-corrected chi connectivity index (χ1v) is 11.4. The van der Waals surface area contributed by atoms with Crippen LogP contribution in [0.15, 0.2) is 29.3 Å². The van der Waals surface area contributed by atoms with Crippen molar-refractivity contribution in [2.45, 2.75) is 64.2 Å². The van der Waals surface area contributed by atoms with Gasteiger partial charge in [0.1, 0.15) is 12.2 Å². The molecular weight excluding hydrogens is 395 g/mol. The van der Waals surface area contributed by atoms with Crippen molar-refractivity contribution in [1.82, 2.24) is 4.90 Å². The molecule has 7 heteroatoms. The third-order valence-corrected chi connectivity index (χ3v) is 7.20. The maximum absolute atomic E-state index is 14.3. The zero-order valence-corrected chi connectivity index (χ0v) is 18.7. The molecule has 5 atom stereocenters. The van der Waals surface area contributed by atoms with Crippen molar-refractivity contribution in [3.63, 3.8) is 0 Å². The van der Waals surface area contributed by atoms with Crippen LogP contribution >= 0.6 is 0 Å². The van der Waals surface area contributed by atoms with Gasteiger partial charge in [0.05, 0.1) is 0 Å². The first-order valence-electron chi connectivity index (χ1n) is 11.4. The van der Waals surface area contributed by atoms with E-state index in [9.17, 15) is 14.0 Å². The monoisotopic (exact) mass is 428 g/mol. The Morgan fingerprint density at radius 2 is 2.06 bits per heavy atom. The van der Waals surface area contributed by atoms with Crippen LogP contribution in [0.2, 0.25) is 0 Å². The second-order valence-corrected chi connectivity index (χ2v) is 9.32. The third-order valence-electron chi connectivity index (χ3n) is 7.20. The standard InChI is InChI=1S/C24H33FN4O2/c1-15-9-10-21(25)20-13-22(27-23(15)20)24(31)26-17-6-4-7-18(12-17)29-11-5-8-19(14-29)28(3)16(2)30/h4,6-7,12,15,19-22H,5,8-11,13-14H2,1-3H3,(H,26,31). The zero-order chi connectivity index (χ0) is 22.1. The molecule has 1 aromatic carbocycles. The molecule has 1 saturated carbocycles. The Morgan fingerprint density at radius 1 is 1.26 bits per heavy atom. The first kappa shape index (κ1) is 21.8. The second kappa shape index (κ2) is 8.97. The molecule has 4 rings (SSSR count). The lowest BCUT2D eigenvalue weighted by Gasteiger charge is -2.38. The summed E-state index contributed by atoms with van der Waals surface area (Å²) in [5.74, 6) is -0.0181. The van der Waals surface area contributed by atoms with Crippen molar-refractivity contribution in [2.75, 3.05) is 30.4 Å². The van der Waals surface area contributed by atoms with Crippen LogP contribution in [0.5, 0.6) is 0 Å². The van der Waals surface area contributed by atoms with Gasteiger partial charge in [0.25, 0.3) is 0 Å². The molecule has 5 unspecified atom stereocenters. The maximum atomic E-state index is 14.3. The minimum Gasteiger partial charge on any atom is -0.369 e. The number of anilines is 2. The largest absolute Gasteiger partial charge is 0.369 e. The number of likely N-dealkylation sites (N-methyl/N-ethyl adjacent to an activating group) is 1. The summed E-state index contributed by atoms with van der Waals surface area (Å²) in [6, 6.07) is 7.50. The first-order chi connectivity index (χ1) is 14.8. The number of nitrogens with zero attached hydrogens (tertiary/aromatic N) is 3. The number of amides is 2. The highest BCUT2D eigenvalue weighted by Crippen LogP contribution is 2.37. The molecule has 1 N–H and O–H groups in total. The van der Waals surface area contributed by atoms with Crippen molar-refractivity contribution < 1.29 is 14.0 Å². The summed E-state index contributed by atoms with van der Waals surface area (Å²) in [5, 5.41) is 3.00. The van der Waals surface area contributed by atoms with Gasteiger partial charge in [-0.3, -0.25) is 14.6 Å². The lowest BCUT2D eigenvalue weighted by molar-refractivity contribution is -0.129. The van der Waals surface area contributed by atoms with Crippen LogP contribution in [0.3, 0.4) is 0 Å². The van der Waals surface area contributed by atoms with Crippen molar-refractivity contribution in [1.29, 1.82) is 0 Å². The fraction of sp³-hybridized carbons (Fsp3) is 0.625. The lowest BCUT2D eigenvalue weighted by atomic mass is 9.78. The number of hydrogen-bond donors (Lipinski definition) is 1. The van der Waals surface area contributed by atoms with Crippen LogP contribution in [0.25, 0.3) is 0 Å². The van der Waals surface area contributed by atoms with Crippen molar-refractivity contribution in [2.24, 2.45) is 16.8 Å². The summed E-state index contributed by atoms with van der Waals surface area (Å²) in [6.07, 6.45) is 2.98. The summed E-state index contributed by atoms with van der Waals surface area (Å²) < 4.78 is 14.3. The number of nitrogens with one attached hydrogen (secondary N) is 1. The van der Waals surface area contributed by atoms with Gasteiger partial charge in [-0.05, 0) is 56.2 Å². The molecule has 2 aliphatic heterocycles. The summed E-state index contributed by atoms with van der Waals surface area (Å²) >= 11 is 0. The SMILES string of the molecule is CC(=O)N(C)C1CCCN(c2cccc(NC(=O)C3CC4C(=N3)C(C)CCC4F)c2)C1. The highest BCUT2D eigenvalue weighted by molar-refractivity contribution is 6.01. The van der Waals surface area contributed by atoms with E-state index >= 15 is 0 Å². The molecule has 1 aliphatic carbocycles. The number of benzene rings is 1. The average molecular weight is 429 g/mol. The van der Waals surface area contributed by atoms with Crippen LogP contribution in [-0.2, 0) is 9.59 Å². The molecule has 0 bridgehead atoms. The van der Waals surface area contributed by atoms with Gasteiger partial charge in [0.15, 0.2) is 0 Å². The number of halogens is 1. The molecule has 0 radical (unpaired) electrons. The molecule has 1 aromatic rings. The van der Waals surface area contributed by atoms with Gasteiger partial charge in [-0.2, -0.15) is 0 Å². The van der Waals surface area contributed by atoms with E-state index in [1.54, 1.807) is 6.92 Å². The van der Waals surface area contributed by atoms with Crippen LogP contribution in [-0.4, -0.2) is 60.8 Å². The highest BCUT2D eigenvalue weighted by Gasteiger charge is 2.42. The van der Waals surface area contributed by atoms with E-state index in [1.165, 1.54) is 0 Å². The molecule has 6 nitrogen and oxygen atoms in total. The molecule has 2 heterocycles. The summed E-state index contributed by atoms with van der Waals surface area (Å²) in [6.45, 7) is 5.38. The van der Waals surface area contributed by atoms with Crippen LogP contribution in [0.4, 0.5) is 15.8 Å². The minimum atomic E-state index is -0.878. The summed E-state index contributed by atoms with van der Waals surface area (Å²) in [5.41, 5.74) is 2.65. The minimum absolute atomic E-state index is 0.0800. The Kier molecular flexibility index (Phi) is 6.30. The lowest BCUT2D eigenvalue weighted by Crippen LogP contribution is -2.48. The topological polar surface area (TPSA) is 65.0 Å². The van der Waals surface area contributed by atoms with E-state index < -0.39 is 12.2 Å². The van der Waals surface area contributed by atoms with Gasteiger partial charge in [0.2, 0.25) is 11.8 Å². The molecule has 0 spiro atoms. The smallest absolute Gasteiger partial charge is 0.249 e. The van der Waals surface area contributed by atoms with Crippen molar-refractivity contribution in [3.8, 4) is 0 Å². The number of fused-ring (bicyclic) bond motifs is 1. The Labute approximate surface area is 183 Å². The van der Waals surface area contributed by atoms with Gasteiger partial charge < -0.3 is 15.1 Å². The van der Waals surface area contributed by atoms with E-state index in [2.05, 4.69) is 22.1 Å². The predicted molar refractivity (Wildman–Crippen MR) is 121 cm³/mol. The van der Waals surface area contributed by atoms with E-state index in [0.29, 0.717) is 12.8 Å². The number of hydrogen-bond acceptors (Lipinski definition) is 4. The Bertz CT molecular complexity index is 873. The van der Waals surface area contributed by atoms with E-state index in [-0.39, 0.29) is 29.7 Å². The van der Waals surface area contributed by atoms with Gasteiger partial charge >= 0.3 is 0 Å². The van der Waals surface area contributed by atoms with Gasteiger partial charge in [-0.25, -0.2) is 4.39 Å². The van der Waals surface area contributed by atoms with Crippen molar-refractivity contribution in [3.05, 3.63) is 24.3 Å². The van der Waals surface area contributed by atoms with Gasteiger partial charge in [-0.1, -0.05) is 13.0 Å².